The molecule has 10 nitrogen and oxygen atoms in total. The van der Waals surface area contributed by atoms with E-state index in [9.17, 15) is 24.3 Å². The first kappa shape index (κ1) is 33.1. The lowest BCUT2D eigenvalue weighted by molar-refractivity contribution is -0.142. The van der Waals surface area contributed by atoms with Crippen molar-refractivity contribution >= 4 is 64.7 Å². The van der Waals surface area contributed by atoms with E-state index in [4.69, 9.17) is 32.7 Å². The summed E-state index contributed by atoms with van der Waals surface area (Å²) in [5.74, 6) is -1.81. The Bertz CT molecular complexity index is 1350. The molecular weight excluding hydrogens is 605 g/mol. The molecule has 1 fully saturated rings. The van der Waals surface area contributed by atoms with E-state index >= 15 is 0 Å². The highest BCUT2D eigenvalue weighted by Gasteiger charge is 2.30. The van der Waals surface area contributed by atoms with Crippen molar-refractivity contribution in [3.63, 3.8) is 0 Å². The normalized spacial score (nSPS) is 14.4. The molecule has 3 rings (SSSR count). The summed E-state index contributed by atoms with van der Waals surface area (Å²) in [6.07, 6.45) is 5.66. The van der Waals surface area contributed by atoms with Crippen molar-refractivity contribution in [2.45, 2.75) is 30.2 Å². The summed E-state index contributed by atoms with van der Waals surface area (Å²) in [6, 6.07) is 7.36. The highest BCUT2D eigenvalue weighted by atomic mass is 35.5. The molecule has 0 radical (unpaired) electrons. The van der Waals surface area contributed by atoms with Crippen LogP contribution in [0.1, 0.15) is 24.0 Å². The third kappa shape index (κ3) is 8.80. The maximum atomic E-state index is 12.8. The first-order valence-electron chi connectivity index (χ1n) is 13.1. The van der Waals surface area contributed by atoms with Gasteiger partial charge in [0.25, 0.3) is 0 Å². The molecule has 0 unspecified atom stereocenters. The van der Waals surface area contributed by atoms with E-state index in [2.05, 4.69) is 10.6 Å². The van der Waals surface area contributed by atoms with Gasteiger partial charge >= 0.3 is 5.97 Å². The number of amides is 3. The number of nitrogens with zero attached hydrogens (tertiary/aromatic N) is 1. The van der Waals surface area contributed by atoms with Gasteiger partial charge in [-0.25, -0.2) is 4.79 Å². The lowest BCUT2D eigenvalue weighted by atomic mass is 9.95. The molecule has 3 N–H and O–H groups in total. The van der Waals surface area contributed by atoms with E-state index in [1.54, 1.807) is 35.2 Å². The lowest BCUT2D eigenvalue weighted by Crippen LogP contribution is -2.51. The number of aliphatic carboxylic acids is 1. The molecule has 0 aliphatic carbocycles. The maximum absolute atomic E-state index is 12.8. The molecule has 0 aromatic heterocycles. The minimum atomic E-state index is -1.30. The van der Waals surface area contributed by atoms with Gasteiger partial charge in [-0.2, -0.15) is 0 Å². The van der Waals surface area contributed by atoms with Crippen LogP contribution in [0.5, 0.6) is 11.5 Å². The topological polar surface area (TPSA) is 134 Å². The van der Waals surface area contributed by atoms with Crippen LogP contribution in [-0.2, 0) is 25.6 Å². The number of carbonyl (C=O) groups excluding carboxylic acids is 3. The second kappa shape index (κ2) is 15.7. The molecule has 2 aromatic rings. The van der Waals surface area contributed by atoms with Gasteiger partial charge in [-0.15, -0.1) is 11.8 Å². The number of likely N-dealkylation sites (tertiary alicyclic amines) is 1. The van der Waals surface area contributed by atoms with Crippen molar-refractivity contribution in [1.29, 1.82) is 0 Å². The third-order valence-electron chi connectivity index (χ3n) is 6.81. The Kier molecular flexibility index (Phi) is 12.4. The van der Waals surface area contributed by atoms with Crippen LogP contribution < -0.4 is 20.1 Å². The van der Waals surface area contributed by atoms with Gasteiger partial charge in [0.05, 0.1) is 30.7 Å². The number of hydrogen-bond donors (Lipinski definition) is 3. The number of piperidine rings is 1. The van der Waals surface area contributed by atoms with E-state index < -0.39 is 29.7 Å². The number of carboxylic acid groups (broad SMARTS) is 1. The number of rotatable bonds is 12. The van der Waals surface area contributed by atoms with Crippen molar-refractivity contribution in [2.24, 2.45) is 5.92 Å². The summed E-state index contributed by atoms with van der Waals surface area (Å²) >= 11 is 14.1. The number of methoxy groups -OCH3 is 2. The van der Waals surface area contributed by atoms with Crippen LogP contribution in [0.3, 0.4) is 0 Å². The van der Waals surface area contributed by atoms with Crippen LogP contribution in [0, 0.1) is 5.92 Å². The SMILES string of the molecule is COc1ccc(CC(=O)NC[C@H](NC(=O)C2CCN(C(=O)C=Cc3ccc(SC)c(Cl)c3Cl)CC2)C(=O)O)cc1OC. The third-order valence-corrected chi connectivity index (χ3v) is 8.60. The van der Waals surface area contributed by atoms with Gasteiger partial charge in [0.15, 0.2) is 11.5 Å². The fraction of sp³-hybridized carbons (Fsp3) is 0.379. The molecular formula is C29H33Cl2N3O7S. The van der Waals surface area contributed by atoms with Gasteiger partial charge in [0.2, 0.25) is 17.7 Å². The summed E-state index contributed by atoms with van der Waals surface area (Å²) in [4.78, 5) is 52.2. The first-order valence-corrected chi connectivity index (χ1v) is 15.1. The Morgan fingerprint density at radius 2 is 1.76 bits per heavy atom. The highest BCUT2D eigenvalue weighted by molar-refractivity contribution is 7.98. The van der Waals surface area contributed by atoms with Crippen LogP contribution >= 0.6 is 35.0 Å². The Labute approximate surface area is 258 Å². The summed E-state index contributed by atoms with van der Waals surface area (Å²) in [7, 11) is 2.99. The predicted octanol–water partition coefficient (Wildman–Crippen LogP) is 3.91. The molecule has 0 spiro atoms. The Morgan fingerprint density at radius 3 is 2.38 bits per heavy atom. The van der Waals surface area contributed by atoms with Gasteiger partial charge < -0.3 is 30.1 Å². The summed E-state index contributed by atoms with van der Waals surface area (Å²) in [5.41, 5.74) is 1.27. The highest BCUT2D eigenvalue weighted by Crippen LogP contribution is 2.35. The number of benzene rings is 2. The van der Waals surface area contributed by atoms with Gasteiger partial charge in [0.1, 0.15) is 6.04 Å². The molecule has 2 aromatic carbocycles. The average Bonchev–Trinajstić information content (AvgIpc) is 2.99. The summed E-state index contributed by atoms with van der Waals surface area (Å²) in [5, 5.41) is 15.5. The molecule has 1 aliphatic rings. The van der Waals surface area contributed by atoms with Crippen molar-refractivity contribution < 1.29 is 33.8 Å². The fourth-order valence-electron chi connectivity index (χ4n) is 4.41. The molecule has 1 saturated heterocycles. The number of halogens is 2. The molecule has 1 heterocycles. The predicted molar refractivity (Wildman–Crippen MR) is 162 cm³/mol. The number of nitrogens with one attached hydrogen (secondary N) is 2. The monoisotopic (exact) mass is 637 g/mol. The minimum absolute atomic E-state index is 0.00998. The van der Waals surface area contributed by atoms with E-state index in [-0.39, 0.29) is 18.9 Å². The molecule has 226 valence electrons. The van der Waals surface area contributed by atoms with Crippen LogP contribution in [0.4, 0.5) is 0 Å². The largest absolute Gasteiger partial charge is 0.493 e. The van der Waals surface area contributed by atoms with Gasteiger partial charge in [-0.05, 0) is 54.5 Å². The fourth-order valence-corrected chi connectivity index (χ4v) is 5.58. The number of thioether (sulfide) groups is 1. The maximum Gasteiger partial charge on any atom is 0.328 e. The van der Waals surface area contributed by atoms with Crippen molar-refractivity contribution in [3.8, 4) is 11.5 Å². The van der Waals surface area contributed by atoms with Crippen LogP contribution in [0.25, 0.3) is 6.08 Å². The summed E-state index contributed by atoms with van der Waals surface area (Å²) in [6.45, 7) is 0.391. The van der Waals surface area contributed by atoms with Gasteiger partial charge in [0, 0.05) is 36.5 Å². The Morgan fingerprint density at radius 1 is 1.07 bits per heavy atom. The van der Waals surface area contributed by atoms with Crippen molar-refractivity contribution in [2.75, 3.05) is 40.1 Å². The zero-order chi connectivity index (χ0) is 30.8. The van der Waals surface area contributed by atoms with Crippen LogP contribution in [0.15, 0.2) is 41.3 Å². The van der Waals surface area contributed by atoms with Gasteiger partial charge in [-0.3, -0.25) is 14.4 Å². The number of hydrogen-bond acceptors (Lipinski definition) is 7. The van der Waals surface area contributed by atoms with E-state index in [0.29, 0.717) is 58.6 Å². The van der Waals surface area contributed by atoms with Crippen molar-refractivity contribution in [3.05, 3.63) is 57.6 Å². The molecule has 0 bridgehead atoms. The molecule has 42 heavy (non-hydrogen) atoms. The standard InChI is InChI=1S/C29H33Cl2N3O7S/c1-40-21-7-4-17(14-22(21)41-2)15-24(35)32-16-20(29(38)39)33-28(37)19-10-12-34(13-11-19)25(36)9-6-18-5-8-23(42-3)27(31)26(18)30/h4-9,14,19-20H,10-13,15-16H2,1-3H3,(H,32,35)(H,33,37)(H,38,39)/t20-/m0/s1. The number of carbonyl (C=O) groups is 4. The molecule has 1 aliphatic heterocycles. The zero-order valence-electron chi connectivity index (χ0n) is 23.4. The van der Waals surface area contributed by atoms with E-state index in [1.807, 2.05) is 12.3 Å². The second-order valence-electron chi connectivity index (χ2n) is 9.49. The number of carboxylic acids is 1. The van der Waals surface area contributed by atoms with Crippen molar-refractivity contribution in [1.82, 2.24) is 15.5 Å². The number of ether oxygens (including phenoxy) is 2. The first-order chi connectivity index (χ1) is 20.1. The molecule has 3 amide bonds. The zero-order valence-corrected chi connectivity index (χ0v) is 25.8. The molecule has 0 saturated carbocycles. The van der Waals surface area contributed by atoms with Crippen LogP contribution in [-0.4, -0.2) is 79.8 Å². The quantitative estimate of drug-likeness (QED) is 0.236. The average molecular weight is 639 g/mol. The Hall–Kier alpha value is -3.41. The van der Waals surface area contributed by atoms with E-state index in [1.165, 1.54) is 32.1 Å². The molecule has 13 heteroatoms. The smallest absolute Gasteiger partial charge is 0.328 e. The Balaban J connectivity index is 1.48. The van der Waals surface area contributed by atoms with Crippen LogP contribution in [0.2, 0.25) is 10.0 Å². The minimum Gasteiger partial charge on any atom is -0.493 e. The second-order valence-corrected chi connectivity index (χ2v) is 11.1. The van der Waals surface area contributed by atoms with Gasteiger partial charge in [-0.1, -0.05) is 35.3 Å². The molecule has 1 atom stereocenters. The lowest BCUT2D eigenvalue weighted by Gasteiger charge is -2.31. The van der Waals surface area contributed by atoms with E-state index in [0.717, 1.165) is 4.90 Å². The summed E-state index contributed by atoms with van der Waals surface area (Å²) < 4.78 is 10.4.